The lowest BCUT2D eigenvalue weighted by molar-refractivity contribution is -0.120. The molecule has 30 heavy (non-hydrogen) atoms. The van der Waals surface area contributed by atoms with Crippen LogP contribution in [-0.2, 0) is 21.9 Å². The standard InChI is InChI=1S/C20H20ClN3O5S/c1-23-17-9-8-16(11-18(17)29-20(23)26)30(27,28)24-10-2-3-13(12-24)19(25)22-15-6-4-14(21)5-7-15/h4-9,11,13H,2-3,10,12H2,1H3,(H,22,25). The predicted molar refractivity (Wildman–Crippen MR) is 113 cm³/mol. The van der Waals surface area contributed by atoms with Gasteiger partial charge in [-0.25, -0.2) is 13.2 Å². The molecular weight excluding hydrogens is 430 g/mol. The van der Waals surface area contributed by atoms with E-state index in [0.29, 0.717) is 35.6 Å². The minimum absolute atomic E-state index is 0.0307. The fraction of sp³-hybridized carbons (Fsp3) is 0.300. The van der Waals surface area contributed by atoms with Crippen LogP contribution in [0.5, 0.6) is 0 Å². The third-order valence-corrected chi connectivity index (χ3v) is 7.38. The summed E-state index contributed by atoms with van der Waals surface area (Å²) >= 11 is 5.86. The first-order valence-electron chi connectivity index (χ1n) is 9.42. The van der Waals surface area contributed by atoms with Crippen LogP contribution >= 0.6 is 11.6 Å². The predicted octanol–water partition coefficient (Wildman–Crippen LogP) is 2.82. The second-order valence-electron chi connectivity index (χ2n) is 7.25. The highest BCUT2D eigenvalue weighted by molar-refractivity contribution is 7.89. The fourth-order valence-electron chi connectivity index (χ4n) is 3.58. The van der Waals surface area contributed by atoms with Gasteiger partial charge >= 0.3 is 5.76 Å². The second-order valence-corrected chi connectivity index (χ2v) is 9.63. The number of aromatic nitrogens is 1. The largest absolute Gasteiger partial charge is 0.419 e. The summed E-state index contributed by atoms with van der Waals surface area (Å²) in [5.41, 5.74) is 1.32. The molecule has 0 radical (unpaired) electrons. The molecule has 10 heteroatoms. The zero-order valence-electron chi connectivity index (χ0n) is 16.2. The summed E-state index contributed by atoms with van der Waals surface area (Å²) in [7, 11) is -2.28. The SMILES string of the molecule is Cn1c(=O)oc2cc(S(=O)(=O)N3CCCC(C(=O)Nc4ccc(Cl)cc4)C3)ccc21. The third-order valence-electron chi connectivity index (χ3n) is 5.27. The molecule has 1 aliphatic rings. The van der Waals surface area contributed by atoms with Gasteiger partial charge in [-0.2, -0.15) is 4.31 Å². The van der Waals surface area contributed by atoms with E-state index in [0.717, 1.165) is 0 Å². The molecule has 1 fully saturated rings. The maximum atomic E-state index is 13.1. The lowest BCUT2D eigenvalue weighted by Crippen LogP contribution is -2.43. The minimum Gasteiger partial charge on any atom is -0.408 e. The molecule has 0 aliphatic carbocycles. The molecule has 1 N–H and O–H groups in total. The highest BCUT2D eigenvalue weighted by Crippen LogP contribution is 2.27. The number of halogens is 1. The van der Waals surface area contributed by atoms with Gasteiger partial charge in [-0.15, -0.1) is 0 Å². The van der Waals surface area contributed by atoms with Crippen LogP contribution in [0.25, 0.3) is 11.1 Å². The number of rotatable bonds is 4. The topological polar surface area (TPSA) is 102 Å². The van der Waals surface area contributed by atoms with E-state index in [2.05, 4.69) is 5.32 Å². The molecule has 158 valence electrons. The van der Waals surface area contributed by atoms with Crippen molar-refractivity contribution < 1.29 is 17.6 Å². The minimum atomic E-state index is -3.84. The van der Waals surface area contributed by atoms with E-state index in [-0.39, 0.29) is 22.9 Å². The molecule has 2 heterocycles. The van der Waals surface area contributed by atoms with Crippen molar-refractivity contribution in [3.05, 3.63) is 58.0 Å². The number of nitrogens with one attached hydrogen (secondary N) is 1. The molecule has 0 saturated carbocycles. The first kappa shape index (κ1) is 20.6. The van der Waals surface area contributed by atoms with E-state index in [4.69, 9.17) is 16.0 Å². The molecule has 2 aromatic carbocycles. The van der Waals surface area contributed by atoms with Crippen LogP contribution in [0.15, 0.2) is 56.6 Å². The smallest absolute Gasteiger partial charge is 0.408 e. The summed E-state index contributed by atoms with van der Waals surface area (Å²) in [4.78, 5) is 24.4. The van der Waals surface area contributed by atoms with Crippen LogP contribution < -0.4 is 11.1 Å². The molecule has 1 saturated heterocycles. The van der Waals surface area contributed by atoms with Crippen LogP contribution in [0.2, 0.25) is 5.02 Å². The van der Waals surface area contributed by atoms with Crippen molar-refractivity contribution in [2.75, 3.05) is 18.4 Å². The number of hydrogen-bond acceptors (Lipinski definition) is 5. The van der Waals surface area contributed by atoms with Gasteiger partial charge in [-0.1, -0.05) is 11.6 Å². The van der Waals surface area contributed by atoms with Crippen molar-refractivity contribution in [1.29, 1.82) is 0 Å². The lowest BCUT2D eigenvalue weighted by atomic mass is 9.99. The Bertz CT molecular complexity index is 1260. The molecule has 1 amide bonds. The Balaban J connectivity index is 1.53. The van der Waals surface area contributed by atoms with Crippen molar-refractivity contribution in [2.45, 2.75) is 17.7 Å². The van der Waals surface area contributed by atoms with Crippen LogP contribution in [0.3, 0.4) is 0 Å². The number of carbonyl (C=O) groups is 1. The van der Waals surface area contributed by atoms with Crippen LogP contribution in [0.4, 0.5) is 5.69 Å². The van der Waals surface area contributed by atoms with Crippen molar-refractivity contribution in [2.24, 2.45) is 13.0 Å². The number of sulfonamides is 1. The van der Waals surface area contributed by atoms with E-state index < -0.39 is 21.7 Å². The Labute approximate surface area is 178 Å². The number of amides is 1. The Hall–Kier alpha value is -2.62. The molecule has 8 nitrogen and oxygen atoms in total. The molecule has 1 atom stereocenters. The average Bonchev–Trinajstić information content (AvgIpc) is 3.03. The molecule has 1 aliphatic heterocycles. The highest BCUT2D eigenvalue weighted by atomic mass is 35.5. The highest BCUT2D eigenvalue weighted by Gasteiger charge is 2.33. The maximum absolute atomic E-state index is 13.1. The van der Waals surface area contributed by atoms with Gasteiger partial charge in [0.25, 0.3) is 0 Å². The van der Waals surface area contributed by atoms with Crippen molar-refractivity contribution in [1.82, 2.24) is 8.87 Å². The van der Waals surface area contributed by atoms with Crippen molar-refractivity contribution in [3.63, 3.8) is 0 Å². The summed E-state index contributed by atoms with van der Waals surface area (Å²) < 4.78 is 34.0. The van der Waals surface area contributed by atoms with Gasteiger partial charge in [-0.3, -0.25) is 9.36 Å². The zero-order valence-corrected chi connectivity index (χ0v) is 17.7. The second kappa shape index (κ2) is 7.90. The van der Waals surface area contributed by atoms with Gasteiger partial charge in [0.05, 0.1) is 16.3 Å². The van der Waals surface area contributed by atoms with Crippen molar-refractivity contribution >= 4 is 44.3 Å². The van der Waals surface area contributed by atoms with Crippen molar-refractivity contribution in [3.8, 4) is 0 Å². The summed E-state index contributed by atoms with van der Waals surface area (Å²) in [5.74, 6) is -1.26. The summed E-state index contributed by atoms with van der Waals surface area (Å²) in [6.07, 6.45) is 1.17. The fourth-order valence-corrected chi connectivity index (χ4v) is 5.24. The first-order chi connectivity index (χ1) is 14.3. The number of anilines is 1. The Kier molecular flexibility index (Phi) is 5.44. The third kappa shape index (κ3) is 3.88. The Morgan fingerprint density at radius 3 is 2.67 bits per heavy atom. The van der Waals surface area contributed by atoms with Gasteiger partial charge in [-0.05, 0) is 49.2 Å². The molecule has 0 spiro atoms. The van der Waals surface area contributed by atoms with Crippen LogP contribution in [0, 0.1) is 5.92 Å². The van der Waals surface area contributed by atoms with Gasteiger partial charge in [0.2, 0.25) is 15.9 Å². The number of carbonyl (C=O) groups excluding carboxylic acids is 1. The molecular formula is C20H20ClN3O5S. The first-order valence-corrected chi connectivity index (χ1v) is 11.2. The van der Waals surface area contributed by atoms with Gasteiger partial charge in [0.1, 0.15) is 0 Å². The number of aryl methyl sites for hydroxylation is 1. The molecule has 4 rings (SSSR count). The van der Waals surface area contributed by atoms with Gasteiger partial charge in [0, 0.05) is 36.9 Å². The quantitative estimate of drug-likeness (QED) is 0.659. The monoisotopic (exact) mass is 449 g/mol. The van der Waals surface area contributed by atoms with Crippen LogP contribution in [0.1, 0.15) is 12.8 Å². The number of piperidine rings is 1. The van der Waals surface area contributed by atoms with E-state index in [1.54, 1.807) is 37.4 Å². The van der Waals surface area contributed by atoms with Crippen LogP contribution in [-0.4, -0.2) is 36.3 Å². The lowest BCUT2D eigenvalue weighted by Gasteiger charge is -2.31. The average molecular weight is 450 g/mol. The van der Waals surface area contributed by atoms with Gasteiger partial charge in [0.15, 0.2) is 5.58 Å². The normalized spacial score (nSPS) is 17.9. The molecule has 3 aromatic rings. The zero-order chi connectivity index (χ0) is 21.5. The van der Waals surface area contributed by atoms with E-state index in [9.17, 15) is 18.0 Å². The summed E-state index contributed by atoms with van der Waals surface area (Å²) in [6, 6.07) is 11.1. The van der Waals surface area contributed by atoms with E-state index in [1.165, 1.54) is 21.0 Å². The summed E-state index contributed by atoms with van der Waals surface area (Å²) in [5, 5.41) is 3.38. The Morgan fingerprint density at radius 1 is 1.20 bits per heavy atom. The number of benzene rings is 2. The van der Waals surface area contributed by atoms with E-state index >= 15 is 0 Å². The van der Waals surface area contributed by atoms with Gasteiger partial charge < -0.3 is 9.73 Å². The summed E-state index contributed by atoms with van der Waals surface area (Å²) in [6.45, 7) is 0.405. The molecule has 0 bridgehead atoms. The number of hydrogen-bond donors (Lipinski definition) is 1. The molecule has 1 aromatic heterocycles. The number of fused-ring (bicyclic) bond motifs is 1. The van der Waals surface area contributed by atoms with E-state index in [1.807, 2.05) is 0 Å². The maximum Gasteiger partial charge on any atom is 0.419 e. The molecule has 1 unspecified atom stereocenters. The Morgan fingerprint density at radius 2 is 1.93 bits per heavy atom. The number of nitrogens with zero attached hydrogens (tertiary/aromatic N) is 2. The number of oxazole rings is 1.